The van der Waals surface area contributed by atoms with Crippen LogP contribution in [0.3, 0.4) is 0 Å². The fourth-order valence-electron chi connectivity index (χ4n) is 1.91. The SMILES string of the molecule is CCCc1ccc(Nc2cnccc2C(N)=S)cc1. The summed E-state index contributed by atoms with van der Waals surface area (Å²) >= 11 is 5.03. The first kappa shape index (κ1) is 13.5. The maximum Gasteiger partial charge on any atom is 0.106 e. The lowest BCUT2D eigenvalue weighted by Crippen LogP contribution is -2.12. The molecule has 2 aromatic rings. The number of nitrogens with two attached hydrogens (primary N) is 1. The molecule has 0 aliphatic heterocycles. The van der Waals surface area contributed by atoms with Crippen LogP contribution in [0.2, 0.25) is 0 Å². The van der Waals surface area contributed by atoms with Gasteiger partial charge in [-0.25, -0.2) is 0 Å². The van der Waals surface area contributed by atoms with Crippen molar-refractivity contribution < 1.29 is 0 Å². The lowest BCUT2D eigenvalue weighted by Gasteiger charge is -2.11. The Hall–Kier alpha value is -1.94. The van der Waals surface area contributed by atoms with Crippen LogP contribution in [0.25, 0.3) is 0 Å². The van der Waals surface area contributed by atoms with Gasteiger partial charge in [0.25, 0.3) is 0 Å². The van der Waals surface area contributed by atoms with Gasteiger partial charge in [0.15, 0.2) is 0 Å². The van der Waals surface area contributed by atoms with Gasteiger partial charge in [0.2, 0.25) is 0 Å². The monoisotopic (exact) mass is 271 g/mol. The summed E-state index contributed by atoms with van der Waals surface area (Å²) < 4.78 is 0. The van der Waals surface area contributed by atoms with Crippen LogP contribution in [-0.2, 0) is 6.42 Å². The van der Waals surface area contributed by atoms with Gasteiger partial charge in [-0.05, 0) is 30.2 Å². The fourth-order valence-corrected chi connectivity index (χ4v) is 2.09. The summed E-state index contributed by atoms with van der Waals surface area (Å²) in [6, 6.07) is 10.2. The first-order valence-electron chi connectivity index (χ1n) is 6.30. The summed E-state index contributed by atoms with van der Waals surface area (Å²) in [6.45, 7) is 2.18. The summed E-state index contributed by atoms with van der Waals surface area (Å²) in [6.07, 6.45) is 5.67. The number of aromatic nitrogens is 1. The number of aryl methyl sites for hydroxylation is 1. The molecule has 3 N–H and O–H groups in total. The molecular weight excluding hydrogens is 254 g/mol. The van der Waals surface area contributed by atoms with Crippen molar-refractivity contribution in [3.05, 3.63) is 53.9 Å². The van der Waals surface area contributed by atoms with Crippen LogP contribution in [0.15, 0.2) is 42.7 Å². The van der Waals surface area contributed by atoms with E-state index in [4.69, 9.17) is 18.0 Å². The zero-order valence-electron chi connectivity index (χ0n) is 10.9. The Morgan fingerprint density at radius 3 is 2.63 bits per heavy atom. The maximum absolute atomic E-state index is 5.70. The Morgan fingerprint density at radius 1 is 1.26 bits per heavy atom. The molecule has 0 saturated heterocycles. The van der Waals surface area contributed by atoms with Crippen LogP contribution in [0.5, 0.6) is 0 Å². The molecule has 0 fully saturated rings. The van der Waals surface area contributed by atoms with Crippen LogP contribution in [0.1, 0.15) is 24.5 Å². The summed E-state index contributed by atoms with van der Waals surface area (Å²) in [5.74, 6) is 0. The molecule has 0 bridgehead atoms. The first-order chi connectivity index (χ1) is 9.20. The van der Waals surface area contributed by atoms with Crippen molar-refractivity contribution in [2.45, 2.75) is 19.8 Å². The van der Waals surface area contributed by atoms with Gasteiger partial charge in [-0.1, -0.05) is 37.7 Å². The smallest absolute Gasteiger partial charge is 0.106 e. The topological polar surface area (TPSA) is 50.9 Å². The number of benzene rings is 1. The lowest BCUT2D eigenvalue weighted by molar-refractivity contribution is 0.922. The van der Waals surface area contributed by atoms with Gasteiger partial charge < -0.3 is 11.1 Å². The van der Waals surface area contributed by atoms with E-state index in [9.17, 15) is 0 Å². The number of hydrogen-bond acceptors (Lipinski definition) is 3. The second kappa shape index (κ2) is 6.29. The third kappa shape index (κ3) is 3.51. The summed E-state index contributed by atoms with van der Waals surface area (Å²) in [7, 11) is 0. The second-order valence-corrected chi connectivity index (χ2v) is 4.80. The highest BCUT2D eigenvalue weighted by Crippen LogP contribution is 2.20. The average molecular weight is 271 g/mol. The molecular formula is C15H17N3S. The molecule has 0 radical (unpaired) electrons. The number of thiocarbonyl (C=S) groups is 1. The molecule has 0 amide bonds. The maximum atomic E-state index is 5.70. The first-order valence-corrected chi connectivity index (χ1v) is 6.71. The Balaban J connectivity index is 2.19. The Kier molecular flexibility index (Phi) is 4.47. The number of rotatable bonds is 5. The van der Waals surface area contributed by atoms with E-state index in [0.29, 0.717) is 4.99 Å². The minimum Gasteiger partial charge on any atom is -0.389 e. The molecule has 0 atom stereocenters. The van der Waals surface area contributed by atoms with Gasteiger partial charge in [0, 0.05) is 17.4 Å². The van der Waals surface area contributed by atoms with Crippen molar-refractivity contribution in [2.24, 2.45) is 5.73 Å². The van der Waals surface area contributed by atoms with Crippen molar-refractivity contribution >= 4 is 28.6 Å². The van der Waals surface area contributed by atoms with Crippen molar-refractivity contribution in [3.8, 4) is 0 Å². The number of pyridine rings is 1. The zero-order valence-corrected chi connectivity index (χ0v) is 11.7. The average Bonchev–Trinajstić information content (AvgIpc) is 2.42. The number of hydrogen-bond donors (Lipinski definition) is 2. The minimum atomic E-state index is 0.368. The molecule has 19 heavy (non-hydrogen) atoms. The highest BCUT2D eigenvalue weighted by atomic mass is 32.1. The normalized spacial score (nSPS) is 10.2. The molecule has 0 aliphatic carbocycles. The molecule has 98 valence electrons. The van der Waals surface area contributed by atoms with Gasteiger partial charge >= 0.3 is 0 Å². The second-order valence-electron chi connectivity index (χ2n) is 4.36. The fraction of sp³-hybridized carbons (Fsp3) is 0.200. The van der Waals surface area contributed by atoms with Crippen LogP contribution in [0.4, 0.5) is 11.4 Å². The molecule has 1 heterocycles. The van der Waals surface area contributed by atoms with Crippen LogP contribution in [-0.4, -0.2) is 9.97 Å². The molecule has 3 nitrogen and oxygen atoms in total. The Bertz CT molecular complexity index is 564. The number of nitrogens with zero attached hydrogens (tertiary/aromatic N) is 1. The summed E-state index contributed by atoms with van der Waals surface area (Å²) in [4.78, 5) is 4.46. The van der Waals surface area contributed by atoms with E-state index in [-0.39, 0.29) is 0 Å². The molecule has 1 aromatic carbocycles. The van der Waals surface area contributed by atoms with Crippen LogP contribution >= 0.6 is 12.2 Å². The molecule has 4 heteroatoms. The molecule has 0 unspecified atom stereocenters. The third-order valence-electron chi connectivity index (χ3n) is 2.86. The van der Waals surface area contributed by atoms with E-state index in [1.165, 1.54) is 5.56 Å². The zero-order chi connectivity index (χ0) is 13.7. The quantitative estimate of drug-likeness (QED) is 0.818. The van der Waals surface area contributed by atoms with Crippen molar-refractivity contribution in [2.75, 3.05) is 5.32 Å². The van der Waals surface area contributed by atoms with Gasteiger partial charge in [-0.15, -0.1) is 0 Å². The van der Waals surface area contributed by atoms with Gasteiger partial charge in [-0.3, -0.25) is 4.98 Å². The number of nitrogens with one attached hydrogen (secondary N) is 1. The Labute approximate surface area is 118 Å². The number of anilines is 2. The van der Waals surface area contributed by atoms with Crippen molar-refractivity contribution in [1.82, 2.24) is 4.98 Å². The van der Waals surface area contributed by atoms with E-state index in [1.807, 2.05) is 6.07 Å². The minimum absolute atomic E-state index is 0.368. The van der Waals surface area contributed by atoms with Gasteiger partial charge in [0.05, 0.1) is 11.9 Å². The molecule has 0 saturated carbocycles. The highest BCUT2D eigenvalue weighted by Gasteiger charge is 2.05. The van der Waals surface area contributed by atoms with E-state index < -0.39 is 0 Å². The summed E-state index contributed by atoms with van der Waals surface area (Å²) in [5.41, 5.74) is 9.68. The molecule has 2 rings (SSSR count). The van der Waals surface area contributed by atoms with Crippen LogP contribution < -0.4 is 11.1 Å². The third-order valence-corrected chi connectivity index (χ3v) is 3.08. The van der Waals surface area contributed by atoms with Crippen molar-refractivity contribution in [3.63, 3.8) is 0 Å². The largest absolute Gasteiger partial charge is 0.389 e. The van der Waals surface area contributed by atoms with E-state index in [2.05, 4.69) is 41.5 Å². The van der Waals surface area contributed by atoms with E-state index in [1.54, 1.807) is 12.4 Å². The van der Waals surface area contributed by atoms with Crippen LogP contribution in [0, 0.1) is 0 Å². The Morgan fingerprint density at radius 2 is 2.00 bits per heavy atom. The van der Waals surface area contributed by atoms with Gasteiger partial charge in [0.1, 0.15) is 4.99 Å². The molecule has 1 aromatic heterocycles. The highest BCUT2D eigenvalue weighted by molar-refractivity contribution is 7.80. The lowest BCUT2D eigenvalue weighted by atomic mass is 10.1. The standard InChI is InChI=1S/C15H17N3S/c1-2-3-11-4-6-12(7-5-11)18-14-10-17-9-8-13(14)15(16)19/h4-10,18H,2-3H2,1H3,(H2,16,19). The van der Waals surface area contributed by atoms with E-state index >= 15 is 0 Å². The van der Waals surface area contributed by atoms with Gasteiger partial charge in [-0.2, -0.15) is 0 Å². The van der Waals surface area contributed by atoms with E-state index in [0.717, 1.165) is 29.8 Å². The summed E-state index contributed by atoms with van der Waals surface area (Å²) in [5, 5.41) is 3.29. The van der Waals surface area contributed by atoms with Crippen molar-refractivity contribution in [1.29, 1.82) is 0 Å². The molecule has 0 spiro atoms. The molecule has 0 aliphatic rings. The predicted molar refractivity (Wildman–Crippen MR) is 83.8 cm³/mol. The predicted octanol–water partition coefficient (Wildman–Crippen LogP) is 3.41.